The highest BCUT2D eigenvalue weighted by atomic mass is 32.2. The SMILES string of the molecule is CCNC(=O)C(C)N(Cc1ccccc1F)C(=O)CN(c1cc(OC)ccc1OC)S(C)(=O)=O. The van der Waals surface area contributed by atoms with Gasteiger partial charge in [-0.25, -0.2) is 12.8 Å². The number of sulfonamides is 1. The van der Waals surface area contributed by atoms with Crippen LogP contribution in [0.1, 0.15) is 19.4 Å². The smallest absolute Gasteiger partial charge is 0.244 e. The molecular formula is C23H30FN3O6S. The van der Waals surface area contributed by atoms with Crippen LogP contribution in [0, 0.1) is 5.82 Å². The molecule has 0 bridgehead atoms. The molecule has 0 saturated carbocycles. The van der Waals surface area contributed by atoms with Crippen LogP contribution < -0.4 is 19.1 Å². The summed E-state index contributed by atoms with van der Waals surface area (Å²) in [5, 5.41) is 2.63. The summed E-state index contributed by atoms with van der Waals surface area (Å²) >= 11 is 0. The van der Waals surface area contributed by atoms with E-state index >= 15 is 0 Å². The van der Waals surface area contributed by atoms with Crippen LogP contribution in [0.25, 0.3) is 0 Å². The van der Waals surface area contributed by atoms with E-state index in [0.29, 0.717) is 12.3 Å². The van der Waals surface area contributed by atoms with E-state index in [2.05, 4.69) is 5.32 Å². The second kappa shape index (κ2) is 11.7. The first-order valence-electron chi connectivity index (χ1n) is 10.5. The fraction of sp³-hybridized carbons (Fsp3) is 0.391. The Hall–Kier alpha value is -3.34. The van der Waals surface area contributed by atoms with Crippen LogP contribution >= 0.6 is 0 Å². The summed E-state index contributed by atoms with van der Waals surface area (Å²) in [6.07, 6.45) is 0.952. The lowest BCUT2D eigenvalue weighted by Gasteiger charge is -2.32. The van der Waals surface area contributed by atoms with Gasteiger partial charge in [0.05, 0.1) is 26.2 Å². The Morgan fingerprint density at radius 1 is 1.12 bits per heavy atom. The maximum absolute atomic E-state index is 14.3. The molecule has 0 radical (unpaired) electrons. The van der Waals surface area contributed by atoms with E-state index in [4.69, 9.17) is 9.47 Å². The van der Waals surface area contributed by atoms with Crippen molar-refractivity contribution in [2.75, 3.05) is 37.9 Å². The van der Waals surface area contributed by atoms with E-state index in [0.717, 1.165) is 15.5 Å². The van der Waals surface area contributed by atoms with Gasteiger partial charge in [0.1, 0.15) is 29.9 Å². The molecule has 186 valence electrons. The van der Waals surface area contributed by atoms with Crippen molar-refractivity contribution < 1.29 is 31.9 Å². The van der Waals surface area contributed by atoms with Crippen LogP contribution in [0.2, 0.25) is 0 Å². The second-order valence-corrected chi connectivity index (χ2v) is 9.40. The van der Waals surface area contributed by atoms with Crippen molar-refractivity contribution in [3.63, 3.8) is 0 Å². The summed E-state index contributed by atoms with van der Waals surface area (Å²) in [6.45, 7) is 2.70. The standard InChI is InChI=1S/C23H30FN3O6S/c1-6-25-23(29)16(2)26(14-17-9-7-8-10-19(17)24)22(28)15-27(34(5,30)31)20-13-18(32-3)11-12-21(20)33-4/h7-13,16H,6,14-15H2,1-5H3,(H,25,29). The van der Waals surface area contributed by atoms with Crippen molar-refractivity contribution in [1.29, 1.82) is 0 Å². The molecule has 0 saturated heterocycles. The molecule has 0 heterocycles. The number of carbonyl (C=O) groups is 2. The highest BCUT2D eigenvalue weighted by Crippen LogP contribution is 2.34. The lowest BCUT2D eigenvalue weighted by Crippen LogP contribution is -2.51. The summed E-state index contributed by atoms with van der Waals surface area (Å²) in [7, 11) is -1.17. The van der Waals surface area contributed by atoms with Gasteiger partial charge in [0.25, 0.3) is 0 Å². The molecule has 0 aliphatic carbocycles. The molecule has 34 heavy (non-hydrogen) atoms. The molecule has 2 aromatic carbocycles. The highest BCUT2D eigenvalue weighted by Gasteiger charge is 2.31. The van der Waals surface area contributed by atoms with E-state index in [1.54, 1.807) is 19.1 Å². The van der Waals surface area contributed by atoms with Gasteiger partial charge in [-0.3, -0.25) is 13.9 Å². The maximum atomic E-state index is 14.3. The van der Waals surface area contributed by atoms with Crippen LogP contribution in [-0.4, -0.2) is 64.7 Å². The van der Waals surface area contributed by atoms with Crippen LogP contribution in [-0.2, 0) is 26.2 Å². The summed E-state index contributed by atoms with van der Waals surface area (Å²) < 4.78 is 51.1. The normalized spacial score (nSPS) is 11.9. The van der Waals surface area contributed by atoms with Crippen molar-refractivity contribution in [3.8, 4) is 11.5 Å². The first-order valence-corrected chi connectivity index (χ1v) is 12.4. The van der Waals surface area contributed by atoms with E-state index in [1.807, 2.05) is 0 Å². The molecule has 11 heteroatoms. The molecule has 1 unspecified atom stereocenters. The number of hydrogen-bond donors (Lipinski definition) is 1. The molecule has 0 fully saturated rings. The molecule has 2 amide bonds. The molecule has 0 aliphatic rings. The van der Waals surface area contributed by atoms with Gasteiger partial charge in [-0.1, -0.05) is 18.2 Å². The number of rotatable bonds is 11. The zero-order valence-electron chi connectivity index (χ0n) is 19.9. The number of ether oxygens (including phenoxy) is 2. The summed E-state index contributed by atoms with van der Waals surface area (Å²) in [5.74, 6) is -1.13. The largest absolute Gasteiger partial charge is 0.497 e. The van der Waals surface area contributed by atoms with E-state index in [9.17, 15) is 22.4 Å². The van der Waals surface area contributed by atoms with Crippen LogP contribution in [0.5, 0.6) is 11.5 Å². The molecule has 2 aromatic rings. The number of benzene rings is 2. The molecule has 0 aliphatic heterocycles. The predicted molar refractivity (Wildman–Crippen MR) is 127 cm³/mol. The zero-order valence-corrected chi connectivity index (χ0v) is 20.7. The lowest BCUT2D eigenvalue weighted by atomic mass is 10.1. The fourth-order valence-corrected chi connectivity index (χ4v) is 4.15. The van der Waals surface area contributed by atoms with Gasteiger partial charge < -0.3 is 19.7 Å². The maximum Gasteiger partial charge on any atom is 0.244 e. The summed E-state index contributed by atoms with van der Waals surface area (Å²) in [6, 6.07) is 9.43. The quantitative estimate of drug-likeness (QED) is 0.512. The van der Waals surface area contributed by atoms with Gasteiger partial charge in [0.2, 0.25) is 21.8 Å². The number of nitrogens with zero attached hydrogens (tertiary/aromatic N) is 2. The molecule has 2 rings (SSSR count). The van der Waals surface area contributed by atoms with Gasteiger partial charge in [0, 0.05) is 24.7 Å². The van der Waals surface area contributed by atoms with E-state index in [-0.39, 0.29) is 23.5 Å². The molecule has 1 atom stereocenters. The van der Waals surface area contributed by atoms with Gasteiger partial charge in [-0.05, 0) is 32.0 Å². The Morgan fingerprint density at radius 3 is 2.35 bits per heavy atom. The third-order valence-electron chi connectivity index (χ3n) is 5.15. The average Bonchev–Trinajstić information content (AvgIpc) is 2.80. The number of anilines is 1. The third kappa shape index (κ3) is 6.60. The van der Waals surface area contributed by atoms with Crippen molar-refractivity contribution in [2.24, 2.45) is 0 Å². The molecule has 1 N–H and O–H groups in total. The monoisotopic (exact) mass is 495 g/mol. The average molecular weight is 496 g/mol. The minimum absolute atomic E-state index is 0.0919. The first kappa shape index (κ1) is 26.9. The predicted octanol–water partition coefficient (Wildman–Crippen LogP) is 2.16. The number of amides is 2. The van der Waals surface area contributed by atoms with Crippen molar-refractivity contribution >= 4 is 27.5 Å². The number of likely N-dealkylation sites (N-methyl/N-ethyl adjacent to an activating group) is 1. The van der Waals surface area contributed by atoms with E-state index < -0.39 is 40.2 Å². The van der Waals surface area contributed by atoms with Crippen molar-refractivity contribution in [2.45, 2.75) is 26.4 Å². The van der Waals surface area contributed by atoms with Crippen LogP contribution in [0.3, 0.4) is 0 Å². The Labute approximate surface area is 199 Å². The van der Waals surface area contributed by atoms with Gasteiger partial charge >= 0.3 is 0 Å². The Balaban J connectivity index is 2.49. The molecule has 9 nitrogen and oxygen atoms in total. The number of hydrogen-bond acceptors (Lipinski definition) is 6. The Bertz CT molecular complexity index is 1130. The summed E-state index contributed by atoms with van der Waals surface area (Å²) in [4.78, 5) is 27.1. The van der Waals surface area contributed by atoms with Crippen LogP contribution in [0.4, 0.5) is 10.1 Å². The first-order chi connectivity index (χ1) is 16.0. The Morgan fingerprint density at radius 2 is 1.79 bits per heavy atom. The Kier molecular flexibility index (Phi) is 9.25. The molecular weight excluding hydrogens is 465 g/mol. The molecule has 0 spiro atoms. The summed E-state index contributed by atoms with van der Waals surface area (Å²) in [5.41, 5.74) is 0.283. The minimum atomic E-state index is -3.97. The third-order valence-corrected chi connectivity index (χ3v) is 6.28. The number of carbonyl (C=O) groups excluding carboxylic acids is 2. The van der Waals surface area contributed by atoms with Gasteiger partial charge in [-0.2, -0.15) is 0 Å². The highest BCUT2D eigenvalue weighted by molar-refractivity contribution is 7.92. The second-order valence-electron chi connectivity index (χ2n) is 7.49. The fourth-order valence-electron chi connectivity index (χ4n) is 3.30. The number of methoxy groups -OCH3 is 2. The number of halogens is 1. The molecule has 0 aromatic heterocycles. The lowest BCUT2D eigenvalue weighted by molar-refractivity contribution is -0.139. The van der Waals surface area contributed by atoms with Gasteiger partial charge in [-0.15, -0.1) is 0 Å². The zero-order chi connectivity index (χ0) is 25.5. The topological polar surface area (TPSA) is 105 Å². The minimum Gasteiger partial charge on any atom is -0.497 e. The number of nitrogens with one attached hydrogen (secondary N) is 1. The van der Waals surface area contributed by atoms with Crippen molar-refractivity contribution in [1.82, 2.24) is 10.2 Å². The van der Waals surface area contributed by atoms with Crippen molar-refractivity contribution in [3.05, 3.63) is 53.8 Å². The van der Waals surface area contributed by atoms with E-state index in [1.165, 1.54) is 51.5 Å². The van der Waals surface area contributed by atoms with Gasteiger partial charge in [0.15, 0.2) is 0 Å². The van der Waals surface area contributed by atoms with Crippen LogP contribution in [0.15, 0.2) is 42.5 Å².